The van der Waals surface area contributed by atoms with Gasteiger partial charge in [0.1, 0.15) is 18.1 Å². The van der Waals surface area contributed by atoms with Gasteiger partial charge in [-0.15, -0.1) is 0 Å². The minimum Gasteiger partial charge on any atom is -0.497 e. The van der Waals surface area contributed by atoms with E-state index >= 15 is 0 Å². The molecule has 0 unspecified atom stereocenters. The number of ether oxygens (including phenoxy) is 2. The van der Waals surface area contributed by atoms with Crippen LogP contribution in [0.2, 0.25) is 0 Å². The fourth-order valence-corrected chi connectivity index (χ4v) is 2.40. The number of benzene rings is 1. The predicted octanol–water partition coefficient (Wildman–Crippen LogP) is 4.23. The number of hydrogen-bond acceptors (Lipinski definition) is 2. The van der Waals surface area contributed by atoms with Crippen LogP contribution in [0.3, 0.4) is 0 Å². The van der Waals surface area contributed by atoms with Crippen LogP contribution in [0.25, 0.3) is 5.57 Å². The van der Waals surface area contributed by atoms with E-state index in [1.807, 2.05) is 18.2 Å². The molecule has 0 aromatic heterocycles. The minimum atomic E-state index is 0.518. The third kappa shape index (κ3) is 2.34. The Morgan fingerprint density at radius 2 is 2.21 bits per heavy atom. The zero-order valence-electron chi connectivity index (χ0n) is 10.8. The fourth-order valence-electron chi connectivity index (χ4n) is 2.40. The van der Waals surface area contributed by atoms with Gasteiger partial charge >= 0.3 is 0 Å². The normalized spacial score (nSPS) is 16.7. The maximum Gasteiger partial charge on any atom is 0.135 e. The molecule has 0 N–H and O–H groups in total. The van der Waals surface area contributed by atoms with Crippen molar-refractivity contribution in [1.29, 1.82) is 0 Å². The van der Waals surface area contributed by atoms with Crippen molar-refractivity contribution in [3.63, 3.8) is 0 Å². The molecule has 0 radical (unpaired) electrons. The van der Waals surface area contributed by atoms with Crippen molar-refractivity contribution < 1.29 is 9.47 Å². The molecule has 1 aromatic rings. The highest BCUT2D eigenvalue weighted by Crippen LogP contribution is 2.35. The molecule has 0 atom stereocenters. The summed E-state index contributed by atoms with van der Waals surface area (Å²) in [7, 11) is 0. The van der Waals surface area contributed by atoms with Gasteiger partial charge < -0.3 is 9.47 Å². The van der Waals surface area contributed by atoms with Crippen LogP contribution in [0.1, 0.15) is 18.4 Å². The van der Waals surface area contributed by atoms with Crippen molar-refractivity contribution in [3.8, 4) is 5.75 Å². The van der Waals surface area contributed by atoms with E-state index < -0.39 is 0 Å². The van der Waals surface area contributed by atoms with E-state index in [1.54, 1.807) is 0 Å². The Kier molecular flexibility index (Phi) is 3.23. The molecule has 0 saturated heterocycles. The lowest BCUT2D eigenvalue weighted by atomic mass is 9.99. The summed E-state index contributed by atoms with van der Waals surface area (Å²) in [5.41, 5.74) is 3.46. The molecule has 0 fully saturated rings. The maximum atomic E-state index is 6.03. The largest absolute Gasteiger partial charge is 0.497 e. The summed E-state index contributed by atoms with van der Waals surface area (Å²) in [6, 6.07) is 8.07. The van der Waals surface area contributed by atoms with Crippen LogP contribution >= 0.6 is 0 Å². The lowest BCUT2D eigenvalue weighted by Gasteiger charge is -2.13. The van der Waals surface area contributed by atoms with E-state index in [0.717, 1.165) is 35.5 Å². The van der Waals surface area contributed by atoms with Crippen LogP contribution in [0.5, 0.6) is 5.75 Å². The fraction of sp³-hybridized carbons (Fsp3) is 0.176. The van der Waals surface area contributed by atoms with Crippen LogP contribution in [-0.2, 0) is 4.74 Å². The molecule has 1 aliphatic heterocycles. The summed E-state index contributed by atoms with van der Waals surface area (Å²) in [6.45, 7) is 4.12. The quantitative estimate of drug-likeness (QED) is 0.750. The average molecular weight is 252 g/mol. The zero-order chi connectivity index (χ0) is 13.1. The van der Waals surface area contributed by atoms with Crippen molar-refractivity contribution in [3.05, 3.63) is 72.2 Å². The first-order valence-corrected chi connectivity index (χ1v) is 6.48. The minimum absolute atomic E-state index is 0.518. The van der Waals surface area contributed by atoms with Gasteiger partial charge in [0.25, 0.3) is 0 Å². The van der Waals surface area contributed by atoms with Gasteiger partial charge in [0, 0.05) is 11.1 Å². The Bertz CT molecular complexity index is 591. The predicted molar refractivity (Wildman–Crippen MR) is 76.6 cm³/mol. The summed E-state index contributed by atoms with van der Waals surface area (Å²) < 4.78 is 11.4. The second-order valence-electron chi connectivity index (χ2n) is 4.58. The molecule has 0 bridgehead atoms. The third-order valence-electron chi connectivity index (χ3n) is 3.32. The highest BCUT2D eigenvalue weighted by molar-refractivity contribution is 5.75. The third-order valence-corrected chi connectivity index (χ3v) is 3.32. The number of allylic oxidation sites excluding steroid dienone is 4. The molecule has 1 heterocycles. The van der Waals surface area contributed by atoms with Crippen LogP contribution in [0, 0.1) is 0 Å². The van der Waals surface area contributed by atoms with E-state index in [4.69, 9.17) is 9.47 Å². The van der Waals surface area contributed by atoms with E-state index in [1.165, 1.54) is 11.8 Å². The second kappa shape index (κ2) is 5.19. The molecular weight excluding hydrogens is 236 g/mol. The highest BCUT2D eigenvalue weighted by atomic mass is 16.5. The lowest BCUT2D eigenvalue weighted by molar-refractivity contribution is 0.297. The monoisotopic (exact) mass is 252 g/mol. The number of para-hydroxylation sites is 1. The Labute approximate surface area is 113 Å². The van der Waals surface area contributed by atoms with Crippen molar-refractivity contribution in [1.82, 2.24) is 0 Å². The van der Waals surface area contributed by atoms with Crippen LogP contribution in [0.4, 0.5) is 0 Å². The smallest absolute Gasteiger partial charge is 0.135 e. The van der Waals surface area contributed by atoms with E-state index in [0.29, 0.717) is 6.61 Å². The SMILES string of the molecule is C=COCC1=CC2=C(C=CCC2)Oc2ccccc21. The summed E-state index contributed by atoms with van der Waals surface area (Å²) >= 11 is 0. The van der Waals surface area contributed by atoms with Crippen molar-refractivity contribution in [2.24, 2.45) is 0 Å². The molecule has 1 aliphatic carbocycles. The van der Waals surface area contributed by atoms with Crippen LogP contribution in [0.15, 0.2) is 66.7 Å². The topological polar surface area (TPSA) is 18.5 Å². The molecule has 1 aromatic carbocycles. The first-order chi connectivity index (χ1) is 9.38. The van der Waals surface area contributed by atoms with Crippen LogP contribution < -0.4 is 4.74 Å². The molecule has 0 spiro atoms. The van der Waals surface area contributed by atoms with Crippen molar-refractivity contribution in [2.45, 2.75) is 12.8 Å². The molecule has 2 nitrogen and oxygen atoms in total. The first-order valence-electron chi connectivity index (χ1n) is 6.48. The highest BCUT2D eigenvalue weighted by Gasteiger charge is 2.18. The van der Waals surface area contributed by atoms with Gasteiger partial charge in [-0.3, -0.25) is 0 Å². The molecular formula is C17H16O2. The van der Waals surface area contributed by atoms with Gasteiger partial charge in [0.05, 0.1) is 6.26 Å². The number of hydrogen-bond donors (Lipinski definition) is 0. The molecule has 0 saturated carbocycles. The molecule has 96 valence electrons. The Hall–Kier alpha value is -2.22. The summed E-state index contributed by atoms with van der Waals surface area (Å²) in [6.07, 6.45) is 9.95. The Morgan fingerprint density at radius 1 is 1.32 bits per heavy atom. The molecule has 3 rings (SSSR count). The summed E-state index contributed by atoms with van der Waals surface area (Å²) in [5.74, 6) is 1.84. The first kappa shape index (κ1) is 11.8. The van der Waals surface area contributed by atoms with Gasteiger partial charge in [0.2, 0.25) is 0 Å². The number of fused-ring (bicyclic) bond motifs is 1. The Balaban J connectivity index is 2.07. The zero-order valence-corrected chi connectivity index (χ0v) is 10.8. The Morgan fingerprint density at radius 3 is 3.11 bits per heavy atom. The average Bonchev–Trinajstić information content (AvgIpc) is 2.61. The van der Waals surface area contributed by atoms with Gasteiger partial charge in [-0.05, 0) is 36.6 Å². The van der Waals surface area contributed by atoms with E-state index in [9.17, 15) is 0 Å². The van der Waals surface area contributed by atoms with Gasteiger partial charge in [-0.1, -0.05) is 30.9 Å². The second-order valence-corrected chi connectivity index (χ2v) is 4.58. The summed E-state index contributed by atoms with van der Waals surface area (Å²) in [5, 5.41) is 0. The number of rotatable bonds is 3. The van der Waals surface area contributed by atoms with Crippen molar-refractivity contribution >= 4 is 5.57 Å². The molecule has 2 heteroatoms. The maximum absolute atomic E-state index is 6.03. The standard InChI is InChI=1S/C17H16O2/c1-2-18-12-14-11-13-7-3-5-9-16(13)19-17-10-6-4-8-15(14)17/h2,4-6,8-11H,1,3,7,12H2. The molecule has 2 aliphatic rings. The van der Waals surface area contributed by atoms with Gasteiger partial charge in [-0.25, -0.2) is 0 Å². The van der Waals surface area contributed by atoms with Gasteiger partial charge in [-0.2, -0.15) is 0 Å². The lowest BCUT2D eigenvalue weighted by Crippen LogP contribution is -1.99. The summed E-state index contributed by atoms with van der Waals surface area (Å²) in [4.78, 5) is 0. The van der Waals surface area contributed by atoms with E-state index in [2.05, 4.69) is 30.9 Å². The molecule has 0 amide bonds. The van der Waals surface area contributed by atoms with E-state index in [-0.39, 0.29) is 0 Å². The van der Waals surface area contributed by atoms with Crippen molar-refractivity contribution in [2.75, 3.05) is 6.61 Å². The molecule has 19 heavy (non-hydrogen) atoms. The van der Waals surface area contributed by atoms with Gasteiger partial charge in [0.15, 0.2) is 0 Å². The van der Waals surface area contributed by atoms with Crippen LogP contribution in [-0.4, -0.2) is 6.61 Å².